The number of nitrogens with one attached hydrogen (secondary N) is 3. The summed E-state index contributed by atoms with van der Waals surface area (Å²) in [5.41, 5.74) is 1.83. The van der Waals surface area contributed by atoms with Gasteiger partial charge in [0.1, 0.15) is 0 Å². The fourth-order valence-electron chi connectivity index (χ4n) is 2.59. The lowest BCUT2D eigenvalue weighted by Gasteiger charge is -2.27. The third-order valence-corrected chi connectivity index (χ3v) is 3.36. The van der Waals surface area contributed by atoms with Gasteiger partial charge in [-0.2, -0.15) is 0 Å². The zero-order valence-corrected chi connectivity index (χ0v) is 12.4. The zero-order valence-electron chi connectivity index (χ0n) is 12.4. The normalized spacial score (nSPS) is 18.4. The molecular formula is C15H23N3O2. The van der Waals surface area contributed by atoms with Crippen LogP contribution in [0, 0.1) is 0 Å². The van der Waals surface area contributed by atoms with Crippen molar-refractivity contribution in [1.82, 2.24) is 15.6 Å². The summed E-state index contributed by atoms with van der Waals surface area (Å²) in [5.74, 6) is -0.00551. The summed E-state index contributed by atoms with van der Waals surface area (Å²) in [6.07, 6.45) is 2.91. The van der Waals surface area contributed by atoms with E-state index in [1.54, 1.807) is 6.07 Å². The lowest BCUT2D eigenvalue weighted by molar-refractivity contribution is -0.121. The molecule has 1 aliphatic rings. The number of aryl methyl sites for hydroxylation is 1. The van der Waals surface area contributed by atoms with E-state index in [-0.39, 0.29) is 23.0 Å². The molecule has 0 saturated heterocycles. The van der Waals surface area contributed by atoms with Gasteiger partial charge in [0.25, 0.3) is 0 Å². The maximum Gasteiger partial charge on any atom is 0.248 e. The fourth-order valence-corrected chi connectivity index (χ4v) is 2.59. The smallest absolute Gasteiger partial charge is 0.248 e. The van der Waals surface area contributed by atoms with Crippen LogP contribution in [0.2, 0.25) is 0 Å². The summed E-state index contributed by atoms with van der Waals surface area (Å²) >= 11 is 0. The van der Waals surface area contributed by atoms with Crippen LogP contribution in [0.25, 0.3) is 0 Å². The molecule has 1 atom stereocenters. The van der Waals surface area contributed by atoms with E-state index in [2.05, 4.69) is 15.6 Å². The van der Waals surface area contributed by atoms with Crippen LogP contribution in [0.15, 0.2) is 16.9 Å². The number of carbonyl (C=O) groups is 1. The average molecular weight is 277 g/mol. The van der Waals surface area contributed by atoms with Crippen LogP contribution < -0.4 is 16.2 Å². The molecule has 0 radical (unpaired) electrons. The summed E-state index contributed by atoms with van der Waals surface area (Å²) in [5, 5.41) is 6.22. The summed E-state index contributed by atoms with van der Waals surface area (Å²) in [4.78, 5) is 26.1. The van der Waals surface area contributed by atoms with Crippen molar-refractivity contribution >= 4 is 5.91 Å². The minimum atomic E-state index is -0.214. The van der Waals surface area contributed by atoms with Crippen molar-refractivity contribution in [1.29, 1.82) is 0 Å². The molecule has 1 aromatic heterocycles. The Kier molecular flexibility index (Phi) is 4.28. The first-order valence-electron chi connectivity index (χ1n) is 7.12. The Balaban J connectivity index is 1.99. The van der Waals surface area contributed by atoms with Gasteiger partial charge in [-0.1, -0.05) is 6.07 Å². The Labute approximate surface area is 119 Å². The molecule has 5 nitrogen and oxygen atoms in total. The lowest BCUT2D eigenvalue weighted by Crippen LogP contribution is -2.45. The average Bonchev–Trinajstić information content (AvgIpc) is 2.33. The molecular weight excluding hydrogens is 254 g/mol. The van der Waals surface area contributed by atoms with Crippen molar-refractivity contribution in [3.05, 3.63) is 33.7 Å². The second kappa shape index (κ2) is 5.79. The number of aromatic nitrogens is 1. The minimum Gasteiger partial charge on any atom is -0.350 e. The number of aromatic amines is 1. The number of H-pyrrole nitrogens is 1. The molecule has 0 aromatic carbocycles. The van der Waals surface area contributed by atoms with E-state index < -0.39 is 0 Å². The van der Waals surface area contributed by atoms with Gasteiger partial charge in [0.2, 0.25) is 11.5 Å². The second-order valence-corrected chi connectivity index (χ2v) is 6.38. The molecule has 1 amide bonds. The van der Waals surface area contributed by atoms with Crippen LogP contribution in [0.5, 0.6) is 0 Å². The largest absolute Gasteiger partial charge is 0.350 e. The molecule has 3 N–H and O–H groups in total. The molecule has 2 rings (SSSR count). The fraction of sp³-hybridized carbons (Fsp3) is 0.600. The first-order valence-corrected chi connectivity index (χ1v) is 7.12. The van der Waals surface area contributed by atoms with Crippen molar-refractivity contribution in [3.8, 4) is 0 Å². The zero-order chi connectivity index (χ0) is 14.8. The van der Waals surface area contributed by atoms with E-state index in [1.807, 2.05) is 26.8 Å². The van der Waals surface area contributed by atoms with Crippen molar-refractivity contribution in [2.24, 2.45) is 0 Å². The molecule has 0 aliphatic heterocycles. The molecule has 1 unspecified atom stereocenters. The molecule has 110 valence electrons. The Bertz CT molecular complexity index is 543. The van der Waals surface area contributed by atoms with Crippen LogP contribution in [0.3, 0.4) is 0 Å². The predicted molar refractivity (Wildman–Crippen MR) is 78.6 cm³/mol. The quantitative estimate of drug-likeness (QED) is 0.778. The molecule has 0 saturated carbocycles. The van der Waals surface area contributed by atoms with E-state index >= 15 is 0 Å². The van der Waals surface area contributed by atoms with Crippen molar-refractivity contribution in [2.45, 2.75) is 51.6 Å². The number of amides is 1. The number of fused-ring (bicyclic) bond motifs is 1. The summed E-state index contributed by atoms with van der Waals surface area (Å²) in [7, 11) is 0. The van der Waals surface area contributed by atoms with Crippen LogP contribution in [0.4, 0.5) is 0 Å². The highest BCUT2D eigenvalue weighted by Gasteiger charge is 2.21. The molecule has 0 spiro atoms. The summed E-state index contributed by atoms with van der Waals surface area (Å²) < 4.78 is 0. The standard InChI is InChI=1S/C15H23N3O2/c1-15(2,3)18-14(20)9-16-11-5-4-6-12-10(11)7-8-13(19)17-12/h7-8,11,16H,4-6,9H2,1-3H3,(H,17,19)(H,18,20). The molecule has 20 heavy (non-hydrogen) atoms. The van der Waals surface area contributed by atoms with Crippen molar-refractivity contribution in [3.63, 3.8) is 0 Å². The Morgan fingerprint density at radius 3 is 2.85 bits per heavy atom. The number of pyridine rings is 1. The van der Waals surface area contributed by atoms with E-state index in [1.165, 1.54) is 0 Å². The maximum atomic E-state index is 11.8. The van der Waals surface area contributed by atoms with Crippen LogP contribution in [-0.2, 0) is 11.2 Å². The number of hydrogen-bond donors (Lipinski definition) is 3. The first-order chi connectivity index (χ1) is 9.35. The summed E-state index contributed by atoms with van der Waals surface area (Å²) in [6, 6.07) is 3.56. The van der Waals surface area contributed by atoms with E-state index in [0.717, 1.165) is 30.5 Å². The van der Waals surface area contributed by atoms with Crippen molar-refractivity contribution in [2.75, 3.05) is 6.54 Å². The topological polar surface area (TPSA) is 74.0 Å². The molecule has 1 heterocycles. The van der Waals surface area contributed by atoms with Gasteiger partial charge in [-0.05, 0) is 45.6 Å². The van der Waals surface area contributed by atoms with E-state index in [0.29, 0.717) is 6.54 Å². The van der Waals surface area contributed by atoms with Gasteiger partial charge in [0.15, 0.2) is 0 Å². The van der Waals surface area contributed by atoms with Crippen LogP contribution >= 0.6 is 0 Å². The molecule has 1 aromatic rings. The van der Waals surface area contributed by atoms with Gasteiger partial charge in [-0.15, -0.1) is 0 Å². The Morgan fingerprint density at radius 2 is 2.15 bits per heavy atom. The Morgan fingerprint density at radius 1 is 1.40 bits per heavy atom. The van der Waals surface area contributed by atoms with E-state index in [9.17, 15) is 9.59 Å². The molecule has 0 fully saturated rings. The highest BCUT2D eigenvalue weighted by molar-refractivity contribution is 5.78. The van der Waals surface area contributed by atoms with Gasteiger partial charge in [-0.25, -0.2) is 0 Å². The number of hydrogen-bond acceptors (Lipinski definition) is 3. The number of rotatable bonds is 3. The maximum absolute atomic E-state index is 11.8. The summed E-state index contributed by atoms with van der Waals surface area (Å²) in [6.45, 7) is 6.18. The number of carbonyl (C=O) groups excluding carboxylic acids is 1. The SMILES string of the molecule is CC(C)(C)NC(=O)CNC1CCCc2[nH]c(=O)ccc21. The van der Waals surface area contributed by atoms with Crippen molar-refractivity contribution < 1.29 is 4.79 Å². The van der Waals surface area contributed by atoms with Gasteiger partial charge in [0, 0.05) is 23.3 Å². The predicted octanol–water partition coefficient (Wildman–Crippen LogP) is 1.26. The van der Waals surface area contributed by atoms with Gasteiger partial charge in [0.05, 0.1) is 6.54 Å². The highest BCUT2D eigenvalue weighted by Crippen LogP contribution is 2.27. The molecule has 0 bridgehead atoms. The van der Waals surface area contributed by atoms with Gasteiger partial charge >= 0.3 is 0 Å². The van der Waals surface area contributed by atoms with Crippen LogP contribution in [0.1, 0.15) is 50.9 Å². The van der Waals surface area contributed by atoms with E-state index in [4.69, 9.17) is 0 Å². The first kappa shape index (κ1) is 14.8. The van der Waals surface area contributed by atoms with Gasteiger partial charge < -0.3 is 15.6 Å². The third-order valence-electron chi connectivity index (χ3n) is 3.36. The lowest BCUT2D eigenvalue weighted by atomic mass is 9.91. The monoisotopic (exact) mass is 277 g/mol. The Hall–Kier alpha value is -1.62. The minimum absolute atomic E-state index is 0.00551. The third kappa shape index (κ3) is 3.93. The molecule has 1 aliphatic carbocycles. The second-order valence-electron chi connectivity index (χ2n) is 6.38. The highest BCUT2D eigenvalue weighted by atomic mass is 16.2. The molecule has 5 heteroatoms. The van der Waals surface area contributed by atoms with Gasteiger partial charge in [-0.3, -0.25) is 9.59 Å². The van der Waals surface area contributed by atoms with Crippen LogP contribution in [-0.4, -0.2) is 23.0 Å².